The number of hydrogen-bond donors (Lipinski definition) is 1. The van der Waals surface area contributed by atoms with Crippen molar-refractivity contribution in [2.75, 3.05) is 33.3 Å². The largest absolute Gasteiger partial charge is 0.396 e. The summed E-state index contributed by atoms with van der Waals surface area (Å²) >= 11 is 0. The number of likely N-dealkylation sites (tertiary alicyclic amines) is 2. The van der Waals surface area contributed by atoms with Crippen molar-refractivity contribution in [3.63, 3.8) is 0 Å². The lowest BCUT2D eigenvalue weighted by molar-refractivity contribution is -0.0602. The van der Waals surface area contributed by atoms with Crippen LogP contribution in [0.3, 0.4) is 0 Å². The Labute approximate surface area is 134 Å². The van der Waals surface area contributed by atoms with Gasteiger partial charge in [0.05, 0.1) is 12.2 Å². The minimum atomic E-state index is -1.09. The summed E-state index contributed by atoms with van der Waals surface area (Å²) in [6.07, 6.45) is 2.65. The Kier molecular flexibility index (Phi) is 4.38. The zero-order valence-corrected chi connectivity index (χ0v) is 13.3. The predicted octanol–water partition coefficient (Wildman–Crippen LogP) is 1.88. The van der Waals surface area contributed by atoms with E-state index in [2.05, 4.69) is 4.90 Å². The van der Waals surface area contributed by atoms with Gasteiger partial charge in [-0.15, -0.1) is 0 Å². The zero-order valence-electron chi connectivity index (χ0n) is 13.3. The second-order valence-corrected chi connectivity index (χ2v) is 6.72. The highest BCUT2D eigenvalue weighted by Gasteiger charge is 2.47. The fraction of sp³-hybridized carbons (Fsp3) is 0.588. The van der Waals surface area contributed by atoms with E-state index in [4.69, 9.17) is 0 Å². The molecule has 1 amide bonds. The third kappa shape index (κ3) is 2.74. The number of fused-ring (bicyclic) bond motifs is 1. The van der Waals surface area contributed by atoms with E-state index >= 15 is 0 Å². The van der Waals surface area contributed by atoms with Crippen LogP contribution in [0.5, 0.6) is 0 Å². The van der Waals surface area contributed by atoms with Crippen molar-refractivity contribution in [1.82, 2.24) is 9.80 Å². The van der Waals surface area contributed by atoms with Gasteiger partial charge in [0.15, 0.2) is 11.6 Å². The lowest BCUT2D eigenvalue weighted by atomic mass is 9.69. The molecule has 126 valence electrons. The van der Waals surface area contributed by atoms with Crippen LogP contribution in [0.4, 0.5) is 8.78 Å². The topological polar surface area (TPSA) is 43.8 Å². The molecule has 1 N–H and O–H groups in total. The number of likely N-dealkylation sites (N-methyl/N-ethyl adjacent to an activating group) is 1. The summed E-state index contributed by atoms with van der Waals surface area (Å²) < 4.78 is 27.3. The fourth-order valence-corrected chi connectivity index (χ4v) is 4.04. The molecular weight excluding hydrogens is 302 g/mol. The molecule has 4 nitrogen and oxygen atoms in total. The quantitative estimate of drug-likeness (QED) is 0.903. The third-order valence-electron chi connectivity index (χ3n) is 5.48. The molecule has 2 aliphatic heterocycles. The van der Waals surface area contributed by atoms with Gasteiger partial charge in [0, 0.05) is 24.5 Å². The van der Waals surface area contributed by atoms with Crippen LogP contribution in [0.1, 0.15) is 29.6 Å². The van der Waals surface area contributed by atoms with E-state index in [1.807, 2.05) is 7.05 Å². The van der Waals surface area contributed by atoms with E-state index in [0.29, 0.717) is 19.5 Å². The van der Waals surface area contributed by atoms with Gasteiger partial charge < -0.3 is 14.9 Å². The number of rotatable bonds is 2. The maximum atomic E-state index is 13.9. The van der Waals surface area contributed by atoms with Crippen LogP contribution in [-0.2, 0) is 0 Å². The zero-order chi connectivity index (χ0) is 16.6. The summed E-state index contributed by atoms with van der Waals surface area (Å²) in [5, 5.41) is 9.88. The predicted molar refractivity (Wildman–Crippen MR) is 82.0 cm³/mol. The van der Waals surface area contributed by atoms with Crippen molar-refractivity contribution < 1.29 is 18.7 Å². The van der Waals surface area contributed by atoms with Crippen LogP contribution >= 0.6 is 0 Å². The van der Waals surface area contributed by atoms with E-state index in [1.54, 1.807) is 4.90 Å². The smallest absolute Gasteiger partial charge is 0.256 e. The monoisotopic (exact) mass is 324 g/mol. The van der Waals surface area contributed by atoms with Gasteiger partial charge in [-0.2, -0.15) is 0 Å². The van der Waals surface area contributed by atoms with Crippen molar-refractivity contribution in [3.05, 3.63) is 35.4 Å². The minimum absolute atomic E-state index is 0.0515. The van der Waals surface area contributed by atoms with Gasteiger partial charge in [0.1, 0.15) is 0 Å². The Balaban J connectivity index is 1.83. The van der Waals surface area contributed by atoms with E-state index in [0.717, 1.165) is 25.5 Å². The van der Waals surface area contributed by atoms with Crippen LogP contribution in [0.25, 0.3) is 0 Å². The van der Waals surface area contributed by atoms with E-state index in [1.165, 1.54) is 12.1 Å². The molecule has 2 saturated heterocycles. The molecule has 3 rings (SSSR count). The Morgan fingerprint density at radius 1 is 1.35 bits per heavy atom. The number of piperidine rings is 2. The van der Waals surface area contributed by atoms with E-state index in [9.17, 15) is 18.7 Å². The molecule has 0 spiro atoms. The second-order valence-electron chi connectivity index (χ2n) is 6.72. The molecule has 23 heavy (non-hydrogen) atoms. The van der Waals surface area contributed by atoms with Crippen LogP contribution < -0.4 is 0 Å². The van der Waals surface area contributed by atoms with Crippen molar-refractivity contribution in [2.24, 2.45) is 5.41 Å². The number of carbonyl (C=O) groups is 1. The highest BCUT2D eigenvalue weighted by atomic mass is 19.2. The molecule has 0 radical (unpaired) electrons. The van der Waals surface area contributed by atoms with Gasteiger partial charge in [-0.3, -0.25) is 4.79 Å². The molecular formula is C17H22F2N2O2. The molecule has 0 unspecified atom stereocenters. The van der Waals surface area contributed by atoms with Crippen LogP contribution in [0.15, 0.2) is 18.2 Å². The van der Waals surface area contributed by atoms with Crippen molar-refractivity contribution in [1.29, 1.82) is 0 Å². The Hall–Kier alpha value is -1.53. The maximum absolute atomic E-state index is 13.9. The number of nitrogens with zero attached hydrogens (tertiary/aromatic N) is 2. The van der Waals surface area contributed by atoms with Crippen molar-refractivity contribution in [2.45, 2.75) is 25.3 Å². The molecule has 1 aromatic carbocycles. The highest BCUT2D eigenvalue weighted by molar-refractivity contribution is 5.94. The first kappa shape index (κ1) is 16.3. The number of carbonyl (C=O) groups excluding carboxylic acids is 1. The number of aliphatic hydroxyl groups excluding tert-OH is 1. The van der Waals surface area contributed by atoms with Crippen molar-refractivity contribution >= 4 is 5.91 Å². The van der Waals surface area contributed by atoms with Crippen LogP contribution in [0.2, 0.25) is 0 Å². The number of hydrogen-bond acceptors (Lipinski definition) is 3. The number of amides is 1. The first-order valence-corrected chi connectivity index (χ1v) is 8.03. The van der Waals surface area contributed by atoms with E-state index < -0.39 is 17.5 Å². The van der Waals surface area contributed by atoms with Gasteiger partial charge in [-0.1, -0.05) is 6.07 Å². The summed E-state index contributed by atoms with van der Waals surface area (Å²) in [6, 6.07) is 3.73. The van der Waals surface area contributed by atoms with Gasteiger partial charge in [-0.25, -0.2) is 8.78 Å². The van der Waals surface area contributed by atoms with Gasteiger partial charge >= 0.3 is 0 Å². The molecule has 0 saturated carbocycles. The molecule has 0 aromatic heterocycles. The van der Waals surface area contributed by atoms with Gasteiger partial charge in [0.25, 0.3) is 5.91 Å². The molecule has 2 atom stereocenters. The first-order valence-electron chi connectivity index (χ1n) is 8.03. The van der Waals surface area contributed by atoms with E-state index in [-0.39, 0.29) is 23.6 Å². The lowest BCUT2D eigenvalue weighted by Crippen LogP contribution is -2.62. The lowest BCUT2D eigenvalue weighted by Gasteiger charge is -2.53. The Morgan fingerprint density at radius 2 is 2.13 bits per heavy atom. The second kappa shape index (κ2) is 6.17. The molecule has 6 heteroatoms. The van der Waals surface area contributed by atoms with Gasteiger partial charge in [0.2, 0.25) is 0 Å². The average molecular weight is 324 g/mol. The number of halogens is 2. The fourth-order valence-electron chi connectivity index (χ4n) is 4.04. The summed E-state index contributed by atoms with van der Waals surface area (Å²) in [6.45, 7) is 1.91. The molecule has 2 heterocycles. The Morgan fingerprint density at radius 3 is 2.87 bits per heavy atom. The normalized spacial score (nSPS) is 28.5. The third-order valence-corrected chi connectivity index (χ3v) is 5.48. The molecule has 0 aliphatic carbocycles. The number of benzene rings is 1. The summed E-state index contributed by atoms with van der Waals surface area (Å²) in [5.74, 6) is -2.58. The molecule has 2 fully saturated rings. The van der Waals surface area contributed by atoms with Crippen molar-refractivity contribution in [3.8, 4) is 0 Å². The van der Waals surface area contributed by atoms with Crippen LogP contribution in [-0.4, -0.2) is 60.1 Å². The first-order chi connectivity index (χ1) is 11.0. The maximum Gasteiger partial charge on any atom is 0.256 e. The standard InChI is InChI=1S/C17H22F2N2O2/c1-20-8-3-6-17(11-22)7-9-21(10-14(17)20)16(23)12-4-2-5-13(18)15(12)19/h2,4-5,14,22H,3,6-11H2,1H3/t14-,17-/m1/s1. The summed E-state index contributed by atoms with van der Waals surface area (Å²) in [4.78, 5) is 16.3. The molecule has 0 bridgehead atoms. The number of aliphatic hydroxyl groups is 1. The average Bonchev–Trinajstić information content (AvgIpc) is 2.57. The Bertz CT molecular complexity index is 610. The van der Waals surface area contributed by atoms with Gasteiger partial charge in [-0.05, 0) is 45.0 Å². The summed E-state index contributed by atoms with van der Waals surface area (Å²) in [7, 11) is 1.99. The minimum Gasteiger partial charge on any atom is -0.396 e. The highest BCUT2D eigenvalue weighted by Crippen LogP contribution is 2.41. The van der Waals surface area contributed by atoms with Crippen LogP contribution in [0, 0.1) is 17.0 Å². The SMILES string of the molecule is CN1CCC[C@]2(CO)CCN(C(=O)c3cccc(F)c3F)C[C@@H]12. The molecule has 2 aliphatic rings. The molecule has 1 aromatic rings. The summed E-state index contributed by atoms with van der Waals surface area (Å²) in [5.41, 5.74) is -0.412.